The van der Waals surface area contributed by atoms with Crippen molar-refractivity contribution in [2.75, 3.05) is 0 Å². The van der Waals surface area contributed by atoms with Gasteiger partial charge in [0.1, 0.15) is 0 Å². The summed E-state index contributed by atoms with van der Waals surface area (Å²) in [6, 6.07) is 12.6. The van der Waals surface area contributed by atoms with Gasteiger partial charge in [-0.1, -0.05) is 18.2 Å². The summed E-state index contributed by atoms with van der Waals surface area (Å²) in [5.74, 6) is -1.82. The van der Waals surface area contributed by atoms with Gasteiger partial charge in [-0.05, 0) is 46.3 Å². The van der Waals surface area contributed by atoms with E-state index in [1.807, 2.05) is 0 Å². The van der Waals surface area contributed by atoms with Crippen molar-refractivity contribution in [1.82, 2.24) is 10.9 Å². The molecule has 10 heteroatoms. The highest BCUT2D eigenvalue weighted by atomic mass is 79.9. The van der Waals surface area contributed by atoms with Crippen molar-refractivity contribution < 1.29 is 22.4 Å². The summed E-state index contributed by atoms with van der Waals surface area (Å²) in [7, 11) is -3.64. The number of thiophene rings is 1. The maximum absolute atomic E-state index is 12.5. The van der Waals surface area contributed by atoms with E-state index in [0.717, 1.165) is 3.79 Å². The van der Waals surface area contributed by atoms with Crippen molar-refractivity contribution in [1.29, 1.82) is 0 Å². The first-order chi connectivity index (χ1) is 12.9. The van der Waals surface area contributed by atoms with Gasteiger partial charge in [0.05, 0.1) is 25.6 Å². The number of furan rings is 1. The van der Waals surface area contributed by atoms with Crippen molar-refractivity contribution in [3.8, 4) is 0 Å². The molecule has 27 heavy (non-hydrogen) atoms. The van der Waals surface area contributed by atoms with Crippen molar-refractivity contribution >= 4 is 48.9 Å². The number of carbonyl (C=O) groups is 2. The Morgan fingerprint density at radius 3 is 2.37 bits per heavy atom. The summed E-state index contributed by atoms with van der Waals surface area (Å²) in [6.07, 6.45) is 1.23. The smallest absolute Gasteiger partial charge is 0.305 e. The highest BCUT2D eigenvalue weighted by molar-refractivity contribution is 9.11. The largest absolute Gasteiger partial charge is 0.459 e. The SMILES string of the molecule is O=C(NNC(=O)c1occc1CS(=O)(=O)c1ccccc1)c1ccc(Br)s1. The lowest BCUT2D eigenvalue weighted by molar-refractivity contribution is 0.0832. The number of benzene rings is 1. The van der Waals surface area contributed by atoms with Crippen LogP contribution in [0.3, 0.4) is 0 Å². The van der Waals surface area contributed by atoms with E-state index in [2.05, 4.69) is 26.8 Å². The van der Waals surface area contributed by atoms with Gasteiger partial charge in [0.25, 0.3) is 5.91 Å². The molecule has 0 radical (unpaired) electrons. The van der Waals surface area contributed by atoms with E-state index in [9.17, 15) is 18.0 Å². The van der Waals surface area contributed by atoms with Gasteiger partial charge in [0.2, 0.25) is 0 Å². The van der Waals surface area contributed by atoms with E-state index >= 15 is 0 Å². The Morgan fingerprint density at radius 2 is 1.70 bits per heavy atom. The van der Waals surface area contributed by atoms with Gasteiger partial charge in [-0.25, -0.2) is 8.42 Å². The monoisotopic (exact) mass is 468 g/mol. The molecule has 0 aliphatic carbocycles. The molecule has 0 bridgehead atoms. The highest BCUT2D eigenvalue weighted by Crippen LogP contribution is 2.22. The zero-order valence-electron chi connectivity index (χ0n) is 13.6. The Kier molecular flexibility index (Phi) is 5.78. The molecule has 2 aromatic heterocycles. The van der Waals surface area contributed by atoms with Crippen LogP contribution in [0.5, 0.6) is 0 Å². The van der Waals surface area contributed by atoms with E-state index in [1.54, 1.807) is 30.3 Å². The van der Waals surface area contributed by atoms with Crippen LogP contribution in [0.1, 0.15) is 25.8 Å². The van der Waals surface area contributed by atoms with Gasteiger partial charge in [-0.2, -0.15) is 0 Å². The molecule has 0 aliphatic rings. The predicted octanol–water partition coefficient (Wildman–Crippen LogP) is 3.15. The number of carbonyl (C=O) groups excluding carboxylic acids is 2. The second kappa shape index (κ2) is 8.07. The van der Waals surface area contributed by atoms with Crippen molar-refractivity contribution in [2.45, 2.75) is 10.6 Å². The topological polar surface area (TPSA) is 105 Å². The highest BCUT2D eigenvalue weighted by Gasteiger charge is 2.23. The molecule has 0 atom stereocenters. The molecule has 2 amide bonds. The molecule has 3 aromatic rings. The summed E-state index contributed by atoms with van der Waals surface area (Å²) >= 11 is 4.45. The molecule has 140 valence electrons. The Hall–Kier alpha value is -2.43. The molecule has 7 nitrogen and oxygen atoms in total. The van der Waals surface area contributed by atoms with Crippen molar-refractivity contribution in [2.24, 2.45) is 0 Å². The fourth-order valence-electron chi connectivity index (χ4n) is 2.23. The number of hydrogen-bond donors (Lipinski definition) is 2. The maximum Gasteiger partial charge on any atom is 0.305 e. The van der Waals surface area contributed by atoms with E-state index in [4.69, 9.17) is 4.42 Å². The number of halogens is 1. The molecular formula is C17H13BrN2O5S2. The van der Waals surface area contributed by atoms with Crippen LogP contribution in [0.15, 0.2) is 67.9 Å². The maximum atomic E-state index is 12.5. The molecule has 0 aliphatic heterocycles. The lowest BCUT2D eigenvalue weighted by atomic mass is 10.3. The Labute approximate surface area is 167 Å². The molecule has 2 heterocycles. The minimum Gasteiger partial charge on any atom is -0.459 e. The molecule has 0 fully saturated rings. The summed E-state index contributed by atoms with van der Waals surface area (Å²) in [4.78, 5) is 24.8. The van der Waals surface area contributed by atoms with Crippen LogP contribution in [-0.2, 0) is 15.6 Å². The fraction of sp³-hybridized carbons (Fsp3) is 0.0588. The summed E-state index contributed by atoms with van der Waals surface area (Å²) in [5, 5.41) is 0. The van der Waals surface area contributed by atoms with Crippen molar-refractivity contribution in [3.05, 3.63) is 74.8 Å². The number of amides is 2. The van der Waals surface area contributed by atoms with Crippen LogP contribution < -0.4 is 10.9 Å². The van der Waals surface area contributed by atoms with E-state index in [-0.39, 0.29) is 16.2 Å². The number of nitrogens with one attached hydrogen (secondary N) is 2. The lowest BCUT2D eigenvalue weighted by Gasteiger charge is -2.07. The molecule has 2 N–H and O–H groups in total. The third-order valence-corrected chi connectivity index (χ3v) is 6.79. The minimum absolute atomic E-state index is 0.147. The Balaban J connectivity index is 1.69. The average molecular weight is 469 g/mol. The zero-order valence-corrected chi connectivity index (χ0v) is 16.9. The molecule has 0 saturated carbocycles. The third kappa shape index (κ3) is 4.65. The van der Waals surface area contributed by atoms with E-state index < -0.39 is 27.4 Å². The molecule has 0 saturated heterocycles. The molecule has 1 aromatic carbocycles. The summed E-state index contributed by atoms with van der Waals surface area (Å²) in [6.45, 7) is 0. The minimum atomic E-state index is -3.64. The molecule has 0 unspecified atom stereocenters. The van der Waals surface area contributed by atoms with E-state index in [1.165, 1.54) is 35.8 Å². The predicted molar refractivity (Wildman–Crippen MR) is 103 cm³/mol. The second-order valence-corrected chi connectivity index (χ2v) is 9.81. The fourth-order valence-corrected chi connectivity index (χ4v) is 4.89. The first-order valence-electron chi connectivity index (χ1n) is 7.57. The van der Waals surface area contributed by atoms with Crippen LogP contribution in [0, 0.1) is 0 Å². The van der Waals surface area contributed by atoms with Crippen LogP contribution in [0.25, 0.3) is 0 Å². The number of hydrazine groups is 1. The average Bonchev–Trinajstić information content (AvgIpc) is 3.29. The van der Waals surface area contributed by atoms with Crippen LogP contribution in [0.2, 0.25) is 0 Å². The van der Waals surface area contributed by atoms with Gasteiger partial charge in [-0.15, -0.1) is 11.3 Å². The quantitative estimate of drug-likeness (QED) is 0.559. The number of rotatable bonds is 5. The number of hydrogen-bond acceptors (Lipinski definition) is 6. The molecule has 0 spiro atoms. The van der Waals surface area contributed by atoms with Crippen molar-refractivity contribution in [3.63, 3.8) is 0 Å². The van der Waals surface area contributed by atoms with Gasteiger partial charge in [0, 0.05) is 5.56 Å². The van der Waals surface area contributed by atoms with Gasteiger partial charge < -0.3 is 4.42 Å². The van der Waals surface area contributed by atoms with Crippen LogP contribution in [-0.4, -0.2) is 20.2 Å². The standard InChI is InChI=1S/C17H13BrN2O5S2/c18-14-7-6-13(26-14)16(21)19-20-17(22)15-11(8-9-25-15)10-27(23,24)12-4-2-1-3-5-12/h1-9H,10H2,(H,19,21)(H,20,22). The Bertz CT molecular complexity index is 1070. The van der Waals surface area contributed by atoms with Gasteiger partial charge in [0.15, 0.2) is 15.6 Å². The van der Waals surface area contributed by atoms with Crippen LogP contribution in [0.4, 0.5) is 0 Å². The summed E-state index contributed by atoms with van der Waals surface area (Å²) < 4.78 is 30.9. The van der Waals surface area contributed by atoms with Gasteiger partial charge in [-0.3, -0.25) is 20.4 Å². The van der Waals surface area contributed by atoms with Crippen LogP contribution >= 0.6 is 27.3 Å². The normalized spacial score (nSPS) is 11.1. The third-order valence-electron chi connectivity index (χ3n) is 3.49. The number of sulfone groups is 1. The first kappa shape index (κ1) is 19.3. The van der Waals surface area contributed by atoms with Gasteiger partial charge >= 0.3 is 5.91 Å². The molecule has 3 rings (SSSR count). The lowest BCUT2D eigenvalue weighted by Crippen LogP contribution is -2.41. The Morgan fingerprint density at radius 1 is 1.00 bits per heavy atom. The molecular weight excluding hydrogens is 456 g/mol. The second-order valence-electron chi connectivity index (χ2n) is 5.36. The summed E-state index contributed by atoms with van der Waals surface area (Å²) in [5.41, 5.74) is 4.69. The van der Waals surface area contributed by atoms with E-state index in [0.29, 0.717) is 4.88 Å². The zero-order chi connectivity index (χ0) is 19.4. The first-order valence-corrected chi connectivity index (χ1v) is 10.8.